The second-order valence-corrected chi connectivity index (χ2v) is 16.5. The van der Waals surface area contributed by atoms with Gasteiger partial charge in [-0.05, 0) is 38.5 Å². The molecule has 0 aliphatic heterocycles. The zero-order chi connectivity index (χ0) is 35.8. The Labute approximate surface area is 297 Å². The number of nitrogens with zero attached hydrogens (tertiary/aromatic N) is 1. The second kappa shape index (κ2) is 32.2. The highest BCUT2D eigenvalue weighted by molar-refractivity contribution is 7.47. The van der Waals surface area contributed by atoms with Crippen LogP contribution in [0.15, 0.2) is 12.2 Å². The Kier molecular flexibility index (Phi) is 31.7. The quantitative estimate of drug-likeness (QED) is 0.0260. The molecule has 0 spiro atoms. The molecule has 3 atom stereocenters. The maximum atomic E-state index is 12.8. The van der Waals surface area contributed by atoms with Gasteiger partial charge in [0, 0.05) is 6.42 Å². The molecular formula is C39H80N2O6P+. The first kappa shape index (κ1) is 47.2. The van der Waals surface area contributed by atoms with Gasteiger partial charge in [-0.25, -0.2) is 4.57 Å². The third kappa shape index (κ3) is 33.7. The Morgan fingerprint density at radius 3 is 1.60 bits per heavy atom. The lowest BCUT2D eigenvalue weighted by Gasteiger charge is -2.26. The largest absolute Gasteiger partial charge is 0.472 e. The van der Waals surface area contributed by atoms with E-state index in [0.29, 0.717) is 23.9 Å². The number of hydrogen-bond donors (Lipinski definition) is 3. The molecule has 0 aliphatic rings. The van der Waals surface area contributed by atoms with E-state index in [1.54, 1.807) is 0 Å². The number of quaternary nitrogens is 1. The Morgan fingerprint density at radius 2 is 1.12 bits per heavy atom. The molecular weight excluding hydrogens is 623 g/mol. The molecule has 0 saturated heterocycles. The number of rotatable bonds is 36. The summed E-state index contributed by atoms with van der Waals surface area (Å²) in [5, 5.41) is 13.9. The monoisotopic (exact) mass is 704 g/mol. The molecule has 0 aromatic heterocycles. The average molecular weight is 704 g/mol. The van der Waals surface area contributed by atoms with Crippen LogP contribution in [-0.2, 0) is 18.4 Å². The first-order valence-corrected chi connectivity index (χ1v) is 21.5. The zero-order valence-corrected chi connectivity index (χ0v) is 33.1. The molecule has 9 heteroatoms. The van der Waals surface area contributed by atoms with Crippen LogP contribution in [0.4, 0.5) is 0 Å². The molecule has 0 bridgehead atoms. The number of carbonyl (C=O) groups excluding carboxylic acids is 1. The Balaban J connectivity index is 4.47. The molecule has 48 heavy (non-hydrogen) atoms. The molecule has 8 nitrogen and oxygen atoms in total. The number of phosphoric ester groups is 1. The predicted octanol–water partition coefficient (Wildman–Crippen LogP) is 10.4. The number of aliphatic hydroxyl groups is 1. The average Bonchev–Trinajstić information content (AvgIpc) is 3.02. The smallest absolute Gasteiger partial charge is 0.391 e. The summed E-state index contributed by atoms with van der Waals surface area (Å²) in [5.74, 6) is -0.162. The minimum absolute atomic E-state index is 0.0735. The van der Waals surface area contributed by atoms with Gasteiger partial charge in [0.25, 0.3) is 0 Å². The number of phosphoric acid groups is 1. The van der Waals surface area contributed by atoms with E-state index in [-0.39, 0.29) is 19.1 Å². The van der Waals surface area contributed by atoms with Gasteiger partial charge in [0.05, 0.1) is 39.9 Å². The lowest BCUT2D eigenvalue weighted by Crippen LogP contribution is -2.46. The fraction of sp³-hybridized carbons (Fsp3) is 0.923. The normalized spacial score (nSPS) is 14.7. The summed E-state index contributed by atoms with van der Waals surface area (Å²) in [6.07, 6.45) is 33.7. The van der Waals surface area contributed by atoms with Gasteiger partial charge in [0.1, 0.15) is 13.2 Å². The third-order valence-electron chi connectivity index (χ3n) is 9.01. The summed E-state index contributed by atoms with van der Waals surface area (Å²) in [7, 11) is 1.61. The van der Waals surface area contributed by atoms with Gasteiger partial charge in [-0.2, -0.15) is 0 Å². The van der Waals surface area contributed by atoms with E-state index in [0.717, 1.165) is 51.4 Å². The van der Waals surface area contributed by atoms with Crippen LogP contribution in [-0.4, -0.2) is 73.4 Å². The molecule has 286 valence electrons. The van der Waals surface area contributed by atoms with E-state index < -0.39 is 20.0 Å². The van der Waals surface area contributed by atoms with E-state index in [1.807, 2.05) is 21.1 Å². The topological polar surface area (TPSA) is 105 Å². The number of hydrogen-bond acceptors (Lipinski definition) is 5. The van der Waals surface area contributed by atoms with Crippen molar-refractivity contribution in [2.75, 3.05) is 40.9 Å². The van der Waals surface area contributed by atoms with Crippen LogP contribution in [0.2, 0.25) is 0 Å². The number of likely N-dealkylation sites (N-methyl/N-ethyl adjacent to an activating group) is 1. The highest BCUT2D eigenvalue weighted by atomic mass is 31.2. The SMILES string of the molecule is CCCCCCCC/C=C\CCCCCC(=O)NC(COP(=O)(O)OCC[N+](C)(C)C)C(O)CCCCCCCCCCCCCCC. The van der Waals surface area contributed by atoms with Gasteiger partial charge < -0.3 is 19.8 Å². The van der Waals surface area contributed by atoms with Crippen molar-refractivity contribution in [3.05, 3.63) is 12.2 Å². The summed E-state index contributed by atoms with van der Waals surface area (Å²) in [6.45, 7) is 4.85. The summed E-state index contributed by atoms with van der Waals surface area (Å²) < 4.78 is 23.5. The molecule has 3 N–H and O–H groups in total. The number of nitrogens with one attached hydrogen (secondary N) is 1. The number of carbonyl (C=O) groups is 1. The fourth-order valence-electron chi connectivity index (χ4n) is 5.74. The Morgan fingerprint density at radius 1 is 0.688 bits per heavy atom. The number of unbranched alkanes of at least 4 members (excludes halogenated alkanes) is 21. The number of amides is 1. The zero-order valence-electron chi connectivity index (χ0n) is 32.2. The summed E-state index contributed by atoms with van der Waals surface area (Å²) in [5.41, 5.74) is 0. The first-order chi connectivity index (χ1) is 23.0. The number of allylic oxidation sites excluding steroid dienone is 2. The molecule has 0 aromatic rings. The lowest BCUT2D eigenvalue weighted by atomic mass is 10.0. The molecule has 0 radical (unpaired) electrons. The second-order valence-electron chi connectivity index (χ2n) is 15.0. The van der Waals surface area contributed by atoms with Crippen molar-refractivity contribution < 1.29 is 32.9 Å². The van der Waals surface area contributed by atoms with Crippen molar-refractivity contribution in [3.63, 3.8) is 0 Å². The van der Waals surface area contributed by atoms with Gasteiger partial charge in [0.2, 0.25) is 5.91 Å². The van der Waals surface area contributed by atoms with Crippen molar-refractivity contribution in [1.29, 1.82) is 0 Å². The van der Waals surface area contributed by atoms with Gasteiger partial charge in [0.15, 0.2) is 0 Å². The van der Waals surface area contributed by atoms with E-state index in [2.05, 4.69) is 31.3 Å². The summed E-state index contributed by atoms with van der Waals surface area (Å²) in [4.78, 5) is 23.0. The first-order valence-electron chi connectivity index (χ1n) is 20.1. The van der Waals surface area contributed by atoms with Gasteiger partial charge in [-0.1, -0.05) is 148 Å². The lowest BCUT2D eigenvalue weighted by molar-refractivity contribution is -0.870. The van der Waals surface area contributed by atoms with Gasteiger partial charge in [-0.15, -0.1) is 0 Å². The van der Waals surface area contributed by atoms with Crippen LogP contribution in [0.25, 0.3) is 0 Å². The van der Waals surface area contributed by atoms with Crippen molar-refractivity contribution in [2.24, 2.45) is 0 Å². The molecule has 3 unspecified atom stereocenters. The third-order valence-corrected chi connectivity index (χ3v) is 10.00. The van der Waals surface area contributed by atoms with Crippen LogP contribution in [0.5, 0.6) is 0 Å². The maximum Gasteiger partial charge on any atom is 0.472 e. The van der Waals surface area contributed by atoms with E-state index >= 15 is 0 Å². The van der Waals surface area contributed by atoms with Crippen molar-refractivity contribution in [1.82, 2.24) is 5.32 Å². The van der Waals surface area contributed by atoms with Crippen molar-refractivity contribution >= 4 is 13.7 Å². The van der Waals surface area contributed by atoms with Gasteiger partial charge in [-0.3, -0.25) is 13.8 Å². The highest BCUT2D eigenvalue weighted by Gasteiger charge is 2.28. The van der Waals surface area contributed by atoms with E-state index in [1.165, 1.54) is 103 Å². The van der Waals surface area contributed by atoms with Crippen LogP contribution >= 0.6 is 7.82 Å². The highest BCUT2D eigenvalue weighted by Crippen LogP contribution is 2.43. The van der Waals surface area contributed by atoms with Crippen molar-refractivity contribution in [3.8, 4) is 0 Å². The Bertz CT molecular complexity index is 804. The maximum absolute atomic E-state index is 12.8. The summed E-state index contributed by atoms with van der Waals surface area (Å²) >= 11 is 0. The molecule has 0 fully saturated rings. The molecule has 0 aromatic carbocycles. The molecule has 0 aliphatic carbocycles. The van der Waals surface area contributed by atoms with Gasteiger partial charge >= 0.3 is 7.82 Å². The van der Waals surface area contributed by atoms with Crippen LogP contribution in [0, 0.1) is 0 Å². The van der Waals surface area contributed by atoms with E-state index in [4.69, 9.17) is 9.05 Å². The fourth-order valence-corrected chi connectivity index (χ4v) is 6.48. The van der Waals surface area contributed by atoms with Crippen LogP contribution in [0.1, 0.15) is 181 Å². The predicted molar refractivity (Wildman–Crippen MR) is 203 cm³/mol. The molecule has 1 amide bonds. The van der Waals surface area contributed by atoms with E-state index in [9.17, 15) is 19.4 Å². The van der Waals surface area contributed by atoms with Crippen molar-refractivity contribution in [2.45, 2.75) is 193 Å². The standard InChI is InChI=1S/C39H79N2O6P/c1-6-8-10-12-14-16-18-20-22-24-26-28-30-32-38(42)37(36-47-48(44,45)46-35-34-41(3,4)5)40-39(43)33-31-29-27-25-23-21-19-17-15-13-11-9-7-2/h21,23,37-38,42H,6-20,22,24-36H2,1-5H3,(H-,40,43,44,45)/p+1/b23-21-. The molecule has 0 heterocycles. The summed E-state index contributed by atoms with van der Waals surface area (Å²) in [6, 6.07) is -0.762. The van der Waals surface area contributed by atoms with Crippen LogP contribution in [0.3, 0.4) is 0 Å². The molecule has 0 saturated carbocycles. The minimum Gasteiger partial charge on any atom is -0.391 e. The minimum atomic E-state index is -4.31. The molecule has 0 rings (SSSR count). The number of aliphatic hydroxyl groups excluding tert-OH is 1. The Hall–Kier alpha value is -0.760. The van der Waals surface area contributed by atoms with Crippen LogP contribution < -0.4 is 5.32 Å².